The third kappa shape index (κ3) is 4.01. The molecule has 1 saturated heterocycles. The number of rotatable bonds is 4. The quantitative estimate of drug-likeness (QED) is 0.737. The highest BCUT2D eigenvalue weighted by atomic mass is 16.2. The molecule has 1 N–H and O–H groups in total. The first-order chi connectivity index (χ1) is 13.9. The third-order valence-corrected chi connectivity index (χ3v) is 5.70. The smallest absolute Gasteiger partial charge is 0.274 e. The lowest BCUT2D eigenvalue weighted by atomic mass is 9.93. The summed E-state index contributed by atoms with van der Waals surface area (Å²) in [4.78, 5) is 31.5. The van der Waals surface area contributed by atoms with E-state index < -0.39 is 0 Å². The van der Waals surface area contributed by atoms with Gasteiger partial charge in [0.2, 0.25) is 5.91 Å². The van der Waals surface area contributed by atoms with Gasteiger partial charge >= 0.3 is 0 Å². The van der Waals surface area contributed by atoms with E-state index in [-0.39, 0.29) is 17.7 Å². The number of carbonyl (C=O) groups is 2. The first-order valence-corrected chi connectivity index (χ1v) is 9.94. The summed E-state index contributed by atoms with van der Waals surface area (Å²) >= 11 is 0. The normalized spacial score (nSPS) is 15.1. The molecule has 0 bridgehead atoms. The van der Waals surface area contributed by atoms with Gasteiger partial charge < -0.3 is 14.6 Å². The van der Waals surface area contributed by atoms with E-state index in [0.29, 0.717) is 25.2 Å². The molecule has 8 nitrogen and oxygen atoms in total. The van der Waals surface area contributed by atoms with Crippen molar-refractivity contribution in [3.8, 4) is 0 Å². The molecule has 0 aliphatic carbocycles. The minimum absolute atomic E-state index is 0.00148. The molecule has 3 aromatic heterocycles. The van der Waals surface area contributed by atoms with Crippen LogP contribution < -0.4 is 5.32 Å². The lowest BCUT2D eigenvalue weighted by Crippen LogP contribution is -2.39. The van der Waals surface area contributed by atoms with Crippen LogP contribution in [0, 0.1) is 19.8 Å². The van der Waals surface area contributed by atoms with Gasteiger partial charge in [-0.15, -0.1) is 0 Å². The van der Waals surface area contributed by atoms with Gasteiger partial charge in [0.15, 0.2) is 0 Å². The largest absolute Gasteiger partial charge is 0.337 e. The minimum Gasteiger partial charge on any atom is -0.337 e. The Hall–Kier alpha value is -3.16. The maximum atomic E-state index is 12.8. The molecule has 152 valence electrons. The Morgan fingerprint density at radius 2 is 1.93 bits per heavy atom. The molecular weight excluding hydrogens is 368 g/mol. The molecule has 4 heterocycles. The van der Waals surface area contributed by atoms with Crippen LogP contribution in [0.5, 0.6) is 0 Å². The summed E-state index contributed by atoms with van der Waals surface area (Å²) in [5, 5.41) is 7.09. The predicted molar refractivity (Wildman–Crippen MR) is 110 cm³/mol. The highest BCUT2D eigenvalue weighted by Gasteiger charge is 2.26. The molecule has 0 saturated carbocycles. The van der Waals surface area contributed by atoms with Crippen LogP contribution in [-0.2, 0) is 11.8 Å². The Bertz CT molecular complexity index is 1060. The number of nitrogens with one attached hydrogen (secondary N) is 1. The van der Waals surface area contributed by atoms with Gasteiger partial charge in [0, 0.05) is 39.0 Å². The van der Waals surface area contributed by atoms with Gasteiger partial charge in [0.05, 0.1) is 17.6 Å². The van der Waals surface area contributed by atoms with Crippen molar-refractivity contribution in [3.05, 3.63) is 47.7 Å². The number of imidazole rings is 1. The summed E-state index contributed by atoms with van der Waals surface area (Å²) in [7, 11) is 1.85. The monoisotopic (exact) mass is 394 g/mol. The van der Waals surface area contributed by atoms with E-state index in [1.807, 2.05) is 48.5 Å². The van der Waals surface area contributed by atoms with Crippen molar-refractivity contribution in [2.45, 2.75) is 33.1 Å². The summed E-state index contributed by atoms with van der Waals surface area (Å²) in [6, 6.07) is 3.90. The number of fused-ring (bicyclic) bond motifs is 1. The molecule has 0 unspecified atom stereocenters. The average Bonchev–Trinajstić information content (AvgIpc) is 3.26. The fourth-order valence-corrected chi connectivity index (χ4v) is 3.79. The number of nitrogens with zero attached hydrogens (tertiary/aromatic N) is 5. The molecule has 1 fully saturated rings. The van der Waals surface area contributed by atoms with Crippen molar-refractivity contribution in [3.63, 3.8) is 0 Å². The number of amides is 2. The van der Waals surface area contributed by atoms with Gasteiger partial charge in [-0.25, -0.2) is 4.98 Å². The number of hydrogen-bond acceptors (Lipinski definition) is 4. The minimum atomic E-state index is -0.0414. The third-order valence-electron chi connectivity index (χ3n) is 5.70. The van der Waals surface area contributed by atoms with Crippen LogP contribution in [0.25, 0.3) is 5.65 Å². The van der Waals surface area contributed by atoms with Crippen molar-refractivity contribution in [1.29, 1.82) is 0 Å². The van der Waals surface area contributed by atoms with Crippen molar-refractivity contribution < 1.29 is 9.59 Å². The summed E-state index contributed by atoms with van der Waals surface area (Å²) in [5.41, 5.74) is 4.05. The van der Waals surface area contributed by atoms with Crippen LogP contribution >= 0.6 is 0 Å². The molecule has 1 aliphatic heterocycles. The number of anilines is 1. The van der Waals surface area contributed by atoms with Crippen molar-refractivity contribution in [1.82, 2.24) is 24.1 Å². The number of likely N-dealkylation sites (tertiary alicyclic amines) is 1. The predicted octanol–water partition coefficient (Wildman–Crippen LogP) is 2.57. The number of piperidine rings is 1. The van der Waals surface area contributed by atoms with E-state index in [2.05, 4.69) is 15.4 Å². The first kappa shape index (κ1) is 19.2. The highest BCUT2D eigenvalue weighted by molar-refractivity contribution is 5.93. The Morgan fingerprint density at radius 3 is 2.62 bits per heavy atom. The van der Waals surface area contributed by atoms with Gasteiger partial charge in [-0.2, -0.15) is 5.10 Å². The lowest BCUT2D eigenvalue weighted by Gasteiger charge is -2.31. The van der Waals surface area contributed by atoms with E-state index in [1.165, 1.54) is 0 Å². The molecule has 0 radical (unpaired) electrons. The van der Waals surface area contributed by atoms with Crippen LogP contribution in [0.15, 0.2) is 30.7 Å². The second-order valence-electron chi connectivity index (χ2n) is 7.85. The zero-order valence-electron chi connectivity index (χ0n) is 17.1. The molecule has 29 heavy (non-hydrogen) atoms. The van der Waals surface area contributed by atoms with Crippen molar-refractivity contribution in [2.75, 3.05) is 18.4 Å². The zero-order chi connectivity index (χ0) is 20.5. The van der Waals surface area contributed by atoms with Crippen LogP contribution in [-0.4, -0.2) is 49.0 Å². The average molecular weight is 394 g/mol. The Morgan fingerprint density at radius 1 is 1.17 bits per heavy atom. The molecule has 0 spiro atoms. The number of aryl methyl sites for hydroxylation is 2. The van der Waals surface area contributed by atoms with Gasteiger partial charge in [-0.3, -0.25) is 14.3 Å². The molecule has 0 atom stereocenters. The zero-order valence-corrected chi connectivity index (χ0v) is 17.1. The second kappa shape index (κ2) is 7.69. The molecule has 8 heteroatoms. The van der Waals surface area contributed by atoms with Gasteiger partial charge in [0.1, 0.15) is 11.3 Å². The first-order valence-electron chi connectivity index (χ1n) is 9.94. The van der Waals surface area contributed by atoms with Crippen LogP contribution in [0.2, 0.25) is 0 Å². The molecular formula is C21H26N6O2. The summed E-state index contributed by atoms with van der Waals surface area (Å²) in [6.07, 6.45) is 7.53. The van der Waals surface area contributed by atoms with Gasteiger partial charge in [-0.05, 0) is 44.2 Å². The van der Waals surface area contributed by atoms with E-state index in [9.17, 15) is 9.59 Å². The number of carbonyl (C=O) groups excluding carboxylic acids is 2. The van der Waals surface area contributed by atoms with E-state index >= 15 is 0 Å². The van der Waals surface area contributed by atoms with Crippen LogP contribution in [0.3, 0.4) is 0 Å². The Balaban J connectivity index is 1.32. The summed E-state index contributed by atoms with van der Waals surface area (Å²) in [6.45, 7) is 5.23. The highest BCUT2D eigenvalue weighted by Crippen LogP contribution is 2.23. The van der Waals surface area contributed by atoms with Crippen LogP contribution in [0.1, 0.15) is 41.0 Å². The summed E-state index contributed by atoms with van der Waals surface area (Å²) < 4.78 is 3.63. The van der Waals surface area contributed by atoms with Crippen LogP contribution in [0.4, 0.5) is 5.69 Å². The van der Waals surface area contributed by atoms with E-state index in [1.54, 1.807) is 17.1 Å². The maximum Gasteiger partial charge on any atom is 0.274 e. The molecule has 4 rings (SSSR count). The second-order valence-corrected chi connectivity index (χ2v) is 7.85. The Labute approximate surface area is 169 Å². The number of aromatic nitrogens is 4. The Kier molecular flexibility index (Phi) is 5.08. The van der Waals surface area contributed by atoms with Crippen molar-refractivity contribution >= 4 is 23.1 Å². The van der Waals surface area contributed by atoms with E-state index in [4.69, 9.17) is 0 Å². The molecule has 1 aliphatic rings. The number of hydrogen-bond donors (Lipinski definition) is 1. The van der Waals surface area contributed by atoms with E-state index in [0.717, 1.165) is 35.4 Å². The summed E-state index contributed by atoms with van der Waals surface area (Å²) in [5.74, 6) is 0.238. The lowest BCUT2D eigenvalue weighted by molar-refractivity contribution is -0.117. The van der Waals surface area contributed by atoms with Gasteiger partial charge in [0.25, 0.3) is 5.91 Å². The van der Waals surface area contributed by atoms with Gasteiger partial charge in [-0.1, -0.05) is 6.07 Å². The molecule has 3 aromatic rings. The fourth-order valence-electron chi connectivity index (χ4n) is 3.79. The molecule has 2 amide bonds. The number of pyridine rings is 1. The topological polar surface area (TPSA) is 84.5 Å². The van der Waals surface area contributed by atoms with Crippen molar-refractivity contribution in [2.24, 2.45) is 13.0 Å². The SMILES string of the molecule is Cc1ccc2nc(C(=O)N3CCC(CC(=O)Nc4cnn(C)c4C)CC3)cn2c1. The fraction of sp³-hybridized carbons (Fsp3) is 0.429. The standard InChI is InChI=1S/C21H26N6O2/c1-14-4-5-19-23-18(13-27(19)12-14)21(29)26-8-6-16(7-9-26)10-20(28)24-17-11-22-25(3)15(17)2/h4-5,11-13,16H,6-10H2,1-3H3,(H,24,28). The maximum absolute atomic E-state index is 12.8. The molecule has 0 aromatic carbocycles.